The van der Waals surface area contributed by atoms with Crippen molar-refractivity contribution in [2.75, 3.05) is 11.9 Å². The summed E-state index contributed by atoms with van der Waals surface area (Å²) in [6.07, 6.45) is 0.0979. The zero-order valence-corrected chi connectivity index (χ0v) is 18.5. The molecular formula is C24H24N4O6. The topological polar surface area (TPSA) is 144 Å². The second kappa shape index (κ2) is 10.2. The fourth-order valence-electron chi connectivity index (χ4n) is 4.19. The number of nitrogens with zero attached hydrogens (tertiary/aromatic N) is 2. The van der Waals surface area contributed by atoms with Gasteiger partial charge in [-0.15, -0.1) is 0 Å². The number of carbonyl (C=O) groups is 3. The maximum atomic E-state index is 12.6. The number of carboxylic acid groups (broad SMARTS) is 1. The van der Waals surface area contributed by atoms with E-state index in [0.29, 0.717) is 12.8 Å². The molecule has 2 amide bonds. The quantitative estimate of drug-likeness (QED) is 0.434. The first-order valence-corrected chi connectivity index (χ1v) is 10.9. The van der Waals surface area contributed by atoms with Crippen molar-refractivity contribution in [1.82, 2.24) is 15.6 Å². The smallest absolute Gasteiger partial charge is 0.412 e. The van der Waals surface area contributed by atoms with Crippen LogP contribution in [0.5, 0.6) is 0 Å². The molecule has 176 valence electrons. The van der Waals surface area contributed by atoms with Crippen LogP contribution in [-0.2, 0) is 9.53 Å². The van der Waals surface area contributed by atoms with E-state index >= 15 is 0 Å². The molecule has 10 heteroatoms. The maximum Gasteiger partial charge on any atom is 0.412 e. The molecule has 1 aromatic heterocycles. The minimum Gasteiger partial charge on any atom is -0.481 e. The SMILES string of the molecule is CCC[C@H](CC(=O)O)NC(=O)c1nonc1NC(=O)OCC1c2ccccc2-c2ccccc21. The summed E-state index contributed by atoms with van der Waals surface area (Å²) in [7, 11) is 0. The third kappa shape index (κ3) is 4.90. The number of anilines is 1. The number of fused-ring (bicyclic) bond motifs is 3. The first kappa shape index (κ1) is 23.0. The van der Waals surface area contributed by atoms with Gasteiger partial charge in [-0.2, -0.15) is 0 Å². The summed E-state index contributed by atoms with van der Waals surface area (Å²) in [6.45, 7) is 1.96. The van der Waals surface area contributed by atoms with Gasteiger partial charge in [0.15, 0.2) is 0 Å². The average Bonchev–Trinajstić information content (AvgIpc) is 3.40. The van der Waals surface area contributed by atoms with Gasteiger partial charge in [0.2, 0.25) is 11.5 Å². The third-order valence-electron chi connectivity index (χ3n) is 5.66. The van der Waals surface area contributed by atoms with Crippen molar-refractivity contribution in [3.63, 3.8) is 0 Å². The number of nitrogens with one attached hydrogen (secondary N) is 2. The molecule has 0 bridgehead atoms. The van der Waals surface area contributed by atoms with E-state index in [1.165, 1.54) is 0 Å². The number of hydrogen-bond donors (Lipinski definition) is 3. The number of amides is 2. The molecule has 1 aliphatic rings. The van der Waals surface area contributed by atoms with Gasteiger partial charge in [-0.05, 0) is 39.0 Å². The molecule has 1 atom stereocenters. The Kier molecular flexibility index (Phi) is 6.86. The Balaban J connectivity index is 1.40. The van der Waals surface area contributed by atoms with E-state index in [1.807, 2.05) is 55.5 Å². The number of carboxylic acids is 1. The highest BCUT2D eigenvalue weighted by atomic mass is 16.6. The van der Waals surface area contributed by atoms with E-state index in [0.717, 1.165) is 22.3 Å². The van der Waals surface area contributed by atoms with Gasteiger partial charge in [-0.3, -0.25) is 14.9 Å². The van der Waals surface area contributed by atoms with Gasteiger partial charge in [0, 0.05) is 12.0 Å². The summed E-state index contributed by atoms with van der Waals surface area (Å²) in [6, 6.07) is 15.3. The number of aliphatic carboxylic acids is 1. The van der Waals surface area contributed by atoms with Gasteiger partial charge in [-0.25, -0.2) is 9.42 Å². The van der Waals surface area contributed by atoms with Gasteiger partial charge < -0.3 is 15.2 Å². The van der Waals surface area contributed by atoms with Crippen LogP contribution in [0.15, 0.2) is 53.2 Å². The Hall–Kier alpha value is -4.21. The number of rotatable bonds is 9. The van der Waals surface area contributed by atoms with Gasteiger partial charge in [0.05, 0.1) is 6.42 Å². The fraction of sp³-hybridized carbons (Fsp3) is 0.292. The maximum absolute atomic E-state index is 12.6. The van der Waals surface area contributed by atoms with E-state index in [4.69, 9.17) is 9.84 Å². The molecule has 0 unspecified atom stereocenters. The van der Waals surface area contributed by atoms with Crippen molar-refractivity contribution >= 4 is 23.8 Å². The molecule has 1 aliphatic carbocycles. The van der Waals surface area contributed by atoms with Crippen LogP contribution in [0.1, 0.15) is 53.7 Å². The third-order valence-corrected chi connectivity index (χ3v) is 5.66. The number of carbonyl (C=O) groups excluding carboxylic acids is 2. The van der Waals surface area contributed by atoms with Gasteiger partial charge in [0.25, 0.3) is 5.91 Å². The van der Waals surface area contributed by atoms with E-state index in [-0.39, 0.29) is 30.5 Å². The normalized spacial score (nSPS) is 13.0. The van der Waals surface area contributed by atoms with Crippen LogP contribution in [-0.4, -0.2) is 46.0 Å². The minimum atomic E-state index is -1.03. The second-order valence-electron chi connectivity index (χ2n) is 7.97. The predicted molar refractivity (Wildman–Crippen MR) is 121 cm³/mol. The molecule has 0 saturated carbocycles. The lowest BCUT2D eigenvalue weighted by Gasteiger charge is -2.15. The molecule has 0 spiro atoms. The fourth-order valence-corrected chi connectivity index (χ4v) is 4.19. The van der Waals surface area contributed by atoms with E-state index in [9.17, 15) is 14.4 Å². The Morgan fingerprint density at radius 2 is 1.71 bits per heavy atom. The van der Waals surface area contributed by atoms with Crippen LogP contribution in [0.3, 0.4) is 0 Å². The minimum absolute atomic E-state index is 0.0872. The highest BCUT2D eigenvalue weighted by molar-refractivity contribution is 5.99. The molecule has 0 fully saturated rings. The standard InChI is InChI=1S/C24H24N4O6/c1-2-7-14(12-20(29)30)25-23(31)21-22(28-34-27-21)26-24(32)33-13-19-17-10-5-3-8-15(17)16-9-4-6-11-18(16)19/h3-6,8-11,14,19H,2,7,12-13H2,1H3,(H,25,31)(H,29,30)(H,26,28,32)/t14-/m1/s1. The number of aromatic nitrogens is 2. The zero-order chi connectivity index (χ0) is 24.1. The average molecular weight is 464 g/mol. The van der Waals surface area contributed by atoms with Gasteiger partial charge in [0.1, 0.15) is 6.61 Å². The molecular weight excluding hydrogens is 440 g/mol. The van der Waals surface area contributed by atoms with Crippen molar-refractivity contribution < 1.29 is 28.9 Å². The summed E-state index contributed by atoms with van der Waals surface area (Å²) < 4.78 is 10.1. The summed E-state index contributed by atoms with van der Waals surface area (Å²) in [5.41, 5.74) is 4.09. The molecule has 2 aromatic carbocycles. The van der Waals surface area contributed by atoms with Crippen molar-refractivity contribution in [2.45, 2.75) is 38.1 Å². The highest BCUT2D eigenvalue weighted by Gasteiger charge is 2.30. The Bertz CT molecular complexity index is 1160. The molecule has 0 radical (unpaired) electrons. The van der Waals surface area contributed by atoms with Crippen LogP contribution in [0.25, 0.3) is 11.1 Å². The van der Waals surface area contributed by atoms with Crippen LogP contribution in [0, 0.1) is 0 Å². The predicted octanol–water partition coefficient (Wildman–Crippen LogP) is 3.80. The highest BCUT2D eigenvalue weighted by Crippen LogP contribution is 2.44. The van der Waals surface area contributed by atoms with Crippen LogP contribution >= 0.6 is 0 Å². The monoisotopic (exact) mass is 464 g/mol. The molecule has 34 heavy (non-hydrogen) atoms. The molecule has 4 rings (SSSR count). The lowest BCUT2D eigenvalue weighted by Crippen LogP contribution is -2.37. The molecule has 0 aliphatic heterocycles. The Morgan fingerprint density at radius 1 is 1.06 bits per heavy atom. The Morgan fingerprint density at radius 3 is 2.32 bits per heavy atom. The number of benzene rings is 2. The molecule has 3 aromatic rings. The summed E-state index contributed by atoms with van der Waals surface area (Å²) in [4.78, 5) is 36.1. The summed E-state index contributed by atoms with van der Waals surface area (Å²) in [5, 5.41) is 21.1. The molecule has 10 nitrogen and oxygen atoms in total. The van der Waals surface area contributed by atoms with Crippen molar-refractivity contribution in [3.05, 3.63) is 65.4 Å². The zero-order valence-electron chi connectivity index (χ0n) is 18.5. The Labute approximate surface area is 195 Å². The lowest BCUT2D eigenvalue weighted by atomic mass is 9.98. The lowest BCUT2D eigenvalue weighted by molar-refractivity contribution is -0.137. The number of ether oxygens (including phenoxy) is 1. The first-order valence-electron chi connectivity index (χ1n) is 10.9. The summed E-state index contributed by atoms with van der Waals surface area (Å²) >= 11 is 0. The molecule has 3 N–H and O–H groups in total. The van der Waals surface area contributed by atoms with Crippen molar-refractivity contribution in [1.29, 1.82) is 0 Å². The van der Waals surface area contributed by atoms with Crippen LogP contribution in [0.4, 0.5) is 10.6 Å². The molecule has 1 heterocycles. The molecule has 0 saturated heterocycles. The van der Waals surface area contributed by atoms with Crippen LogP contribution in [0.2, 0.25) is 0 Å². The van der Waals surface area contributed by atoms with Gasteiger partial charge >= 0.3 is 12.1 Å². The van der Waals surface area contributed by atoms with Gasteiger partial charge in [-0.1, -0.05) is 61.9 Å². The van der Waals surface area contributed by atoms with Crippen LogP contribution < -0.4 is 10.6 Å². The summed E-state index contributed by atoms with van der Waals surface area (Å²) in [5.74, 6) is -2.06. The number of hydrogen-bond acceptors (Lipinski definition) is 7. The van der Waals surface area contributed by atoms with Crippen molar-refractivity contribution in [3.8, 4) is 11.1 Å². The van der Waals surface area contributed by atoms with E-state index in [1.54, 1.807) is 0 Å². The van der Waals surface area contributed by atoms with Crippen molar-refractivity contribution in [2.24, 2.45) is 0 Å². The largest absolute Gasteiger partial charge is 0.481 e. The van der Waals surface area contributed by atoms with E-state index in [2.05, 4.69) is 25.6 Å². The first-order chi connectivity index (χ1) is 16.5. The van der Waals surface area contributed by atoms with E-state index < -0.39 is 24.0 Å². The second-order valence-corrected chi connectivity index (χ2v) is 7.97.